The molecule has 5 nitrogen and oxygen atoms in total. The van der Waals surface area contributed by atoms with E-state index in [4.69, 9.17) is 11.6 Å². The second-order valence-corrected chi connectivity index (χ2v) is 5.09. The zero-order valence-electron chi connectivity index (χ0n) is 10.1. The summed E-state index contributed by atoms with van der Waals surface area (Å²) < 4.78 is 0. The molecule has 1 N–H and O–H groups in total. The Morgan fingerprint density at radius 1 is 1.42 bits per heavy atom. The van der Waals surface area contributed by atoms with Gasteiger partial charge >= 0.3 is 0 Å². The van der Waals surface area contributed by atoms with Gasteiger partial charge in [-0.25, -0.2) is 15.0 Å². The molecular weight excluding hydrogens is 284 g/mol. The fraction of sp³-hybridized carbons (Fsp3) is 0.167. The maximum absolute atomic E-state index is 12.1. The van der Waals surface area contributed by atoms with Gasteiger partial charge in [-0.1, -0.05) is 36.4 Å². The number of thioether (sulfide) groups is 1. The molecule has 0 spiro atoms. The van der Waals surface area contributed by atoms with E-state index in [1.165, 1.54) is 18.0 Å². The second kappa shape index (κ2) is 6.49. The van der Waals surface area contributed by atoms with Gasteiger partial charge in [-0.15, -0.1) is 0 Å². The van der Waals surface area contributed by atoms with Crippen LogP contribution in [0.3, 0.4) is 0 Å². The molecule has 7 heteroatoms. The number of hydrogen-bond donors (Lipinski definition) is 1. The lowest BCUT2D eigenvalue weighted by Crippen LogP contribution is -2.15. The van der Waals surface area contributed by atoms with E-state index in [2.05, 4.69) is 20.3 Å². The summed E-state index contributed by atoms with van der Waals surface area (Å²) in [4.78, 5) is 24.2. The van der Waals surface area contributed by atoms with Crippen molar-refractivity contribution in [2.45, 2.75) is 12.1 Å². The predicted molar refractivity (Wildman–Crippen MR) is 75.6 cm³/mol. The highest BCUT2D eigenvalue weighted by molar-refractivity contribution is 7.99. The lowest BCUT2D eigenvalue weighted by atomic mass is 10.3. The molecule has 0 aliphatic rings. The number of anilines is 1. The number of carbonyl (C=O) groups excluding carboxylic acids is 1. The van der Waals surface area contributed by atoms with E-state index in [1.807, 2.05) is 6.92 Å². The molecule has 2 aromatic heterocycles. The highest BCUT2D eigenvalue weighted by atomic mass is 35.5. The highest BCUT2D eigenvalue weighted by Crippen LogP contribution is 2.18. The van der Waals surface area contributed by atoms with Crippen LogP contribution in [-0.4, -0.2) is 26.6 Å². The number of pyridine rings is 1. The third-order valence-corrected chi connectivity index (χ3v) is 3.14. The fourth-order valence-electron chi connectivity index (χ4n) is 1.32. The molecule has 2 aromatic rings. The maximum atomic E-state index is 12.1. The number of carbonyl (C=O) groups is 1. The number of rotatable bonds is 4. The van der Waals surface area contributed by atoms with Crippen LogP contribution in [0.1, 0.15) is 17.4 Å². The largest absolute Gasteiger partial charge is 0.305 e. The van der Waals surface area contributed by atoms with Crippen LogP contribution in [0, 0.1) is 0 Å². The SMILES string of the molecule is CCSc1ncc(Cl)c(C(=O)Nc2ccccn2)n1. The first-order valence-corrected chi connectivity index (χ1v) is 6.94. The van der Waals surface area contributed by atoms with Crippen molar-refractivity contribution in [1.82, 2.24) is 15.0 Å². The molecule has 0 unspecified atom stereocenters. The summed E-state index contributed by atoms with van der Waals surface area (Å²) in [5.41, 5.74) is 0.151. The van der Waals surface area contributed by atoms with Crippen LogP contribution >= 0.6 is 23.4 Å². The molecule has 2 heterocycles. The van der Waals surface area contributed by atoms with Crippen molar-refractivity contribution < 1.29 is 4.79 Å². The monoisotopic (exact) mass is 294 g/mol. The number of aromatic nitrogens is 3. The van der Waals surface area contributed by atoms with Gasteiger partial charge in [0, 0.05) is 6.20 Å². The van der Waals surface area contributed by atoms with E-state index in [0.29, 0.717) is 11.0 Å². The summed E-state index contributed by atoms with van der Waals surface area (Å²) in [6.07, 6.45) is 3.02. The molecule has 19 heavy (non-hydrogen) atoms. The van der Waals surface area contributed by atoms with Crippen molar-refractivity contribution in [2.24, 2.45) is 0 Å². The first-order chi connectivity index (χ1) is 9.20. The molecule has 1 amide bonds. The normalized spacial score (nSPS) is 10.2. The quantitative estimate of drug-likeness (QED) is 0.694. The van der Waals surface area contributed by atoms with Crippen LogP contribution in [0.4, 0.5) is 5.82 Å². The topological polar surface area (TPSA) is 67.8 Å². The van der Waals surface area contributed by atoms with Crippen LogP contribution in [0.25, 0.3) is 0 Å². The number of amides is 1. The maximum Gasteiger partial charge on any atom is 0.277 e. The minimum atomic E-state index is -0.399. The number of hydrogen-bond acceptors (Lipinski definition) is 5. The molecule has 0 bridgehead atoms. The van der Waals surface area contributed by atoms with Gasteiger partial charge in [0.15, 0.2) is 10.9 Å². The van der Waals surface area contributed by atoms with Gasteiger partial charge in [0.1, 0.15) is 5.82 Å². The third kappa shape index (κ3) is 3.65. The molecule has 0 aliphatic carbocycles. The molecule has 98 valence electrons. The molecule has 0 radical (unpaired) electrons. The number of nitrogens with one attached hydrogen (secondary N) is 1. The van der Waals surface area contributed by atoms with Crippen LogP contribution in [0.15, 0.2) is 35.7 Å². The third-order valence-electron chi connectivity index (χ3n) is 2.12. The van der Waals surface area contributed by atoms with Crippen LogP contribution in [-0.2, 0) is 0 Å². The van der Waals surface area contributed by atoms with Crippen LogP contribution in [0.2, 0.25) is 5.02 Å². The summed E-state index contributed by atoms with van der Waals surface area (Å²) in [7, 11) is 0. The summed E-state index contributed by atoms with van der Waals surface area (Å²) in [5, 5.41) is 3.38. The summed E-state index contributed by atoms with van der Waals surface area (Å²) in [6.45, 7) is 1.98. The van der Waals surface area contributed by atoms with Gasteiger partial charge in [0.2, 0.25) is 0 Å². The number of nitrogens with zero attached hydrogens (tertiary/aromatic N) is 3. The van der Waals surface area contributed by atoms with Gasteiger partial charge in [-0.2, -0.15) is 0 Å². The van der Waals surface area contributed by atoms with E-state index < -0.39 is 5.91 Å². The average molecular weight is 295 g/mol. The van der Waals surface area contributed by atoms with Crippen molar-refractivity contribution in [2.75, 3.05) is 11.1 Å². The smallest absolute Gasteiger partial charge is 0.277 e. The minimum Gasteiger partial charge on any atom is -0.305 e. The minimum absolute atomic E-state index is 0.151. The summed E-state index contributed by atoms with van der Waals surface area (Å²) in [5.74, 6) is 0.874. The first-order valence-electron chi connectivity index (χ1n) is 5.58. The molecule has 0 aliphatic heterocycles. The standard InChI is InChI=1S/C12H11ClN4OS/c1-2-19-12-15-7-8(13)10(17-12)11(18)16-9-5-3-4-6-14-9/h3-7H,2H2,1H3,(H,14,16,18). The molecule has 2 rings (SSSR count). The van der Waals surface area contributed by atoms with Crippen molar-refractivity contribution in [3.05, 3.63) is 41.3 Å². The van der Waals surface area contributed by atoms with Gasteiger partial charge < -0.3 is 5.32 Å². The second-order valence-electron chi connectivity index (χ2n) is 3.45. The lowest BCUT2D eigenvalue weighted by molar-refractivity contribution is 0.102. The number of halogens is 1. The highest BCUT2D eigenvalue weighted by Gasteiger charge is 2.14. The van der Waals surface area contributed by atoms with Crippen molar-refractivity contribution in [3.63, 3.8) is 0 Å². The molecule has 0 aromatic carbocycles. The zero-order chi connectivity index (χ0) is 13.7. The van der Waals surface area contributed by atoms with E-state index >= 15 is 0 Å². The van der Waals surface area contributed by atoms with Crippen molar-refractivity contribution >= 4 is 35.1 Å². The predicted octanol–water partition coefficient (Wildman–Crippen LogP) is 2.89. The zero-order valence-corrected chi connectivity index (χ0v) is 11.7. The molecule has 0 saturated heterocycles. The van der Waals surface area contributed by atoms with E-state index in [0.717, 1.165) is 5.75 Å². The Labute approximate surface area is 119 Å². The molecule has 0 atom stereocenters. The Balaban J connectivity index is 2.21. The van der Waals surface area contributed by atoms with E-state index in [-0.39, 0.29) is 10.7 Å². The molecule has 0 saturated carbocycles. The summed E-state index contributed by atoms with van der Waals surface area (Å²) in [6, 6.07) is 5.24. The van der Waals surface area contributed by atoms with Crippen molar-refractivity contribution in [3.8, 4) is 0 Å². The Morgan fingerprint density at radius 3 is 2.95 bits per heavy atom. The molecular formula is C12H11ClN4OS. The van der Waals surface area contributed by atoms with Crippen LogP contribution in [0.5, 0.6) is 0 Å². The first kappa shape index (κ1) is 13.8. The Hall–Kier alpha value is -1.66. The van der Waals surface area contributed by atoms with Crippen molar-refractivity contribution in [1.29, 1.82) is 0 Å². The molecule has 0 fully saturated rings. The van der Waals surface area contributed by atoms with Crippen LogP contribution < -0.4 is 5.32 Å². The average Bonchev–Trinajstić information content (AvgIpc) is 2.42. The van der Waals surface area contributed by atoms with Gasteiger partial charge in [0.25, 0.3) is 5.91 Å². The summed E-state index contributed by atoms with van der Waals surface area (Å²) >= 11 is 7.39. The Kier molecular flexibility index (Phi) is 4.70. The Bertz CT molecular complexity index is 579. The fourth-order valence-corrected chi connectivity index (χ4v) is 2.04. The van der Waals surface area contributed by atoms with Gasteiger partial charge in [-0.3, -0.25) is 4.79 Å². The lowest BCUT2D eigenvalue weighted by Gasteiger charge is -2.06. The van der Waals surface area contributed by atoms with Gasteiger partial charge in [0.05, 0.1) is 11.2 Å². The van der Waals surface area contributed by atoms with Gasteiger partial charge in [-0.05, 0) is 17.9 Å². The van der Waals surface area contributed by atoms with E-state index in [9.17, 15) is 4.79 Å². The van der Waals surface area contributed by atoms with E-state index in [1.54, 1.807) is 24.4 Å². The Morgan fingerprint density at radius 2 is 2.26 bits per heavy atom.